The second-order valence-electron chi connectivity index (χ2n) is 5.72. The number of halogens is 1. The molecular weight excluding hydrogens is 456 g/mol. The van der Waals surface area contributed by atoms with E-state index in [1.807, 2.05) is 0 Å². The SMILES string of the molecule is C=N/C(=C\C=C(/C)C#Cc1ccccc1NS(=O)(=O)c1cccc(Br)c1)C(=O)O. The molecule has 2 rings (SSSR count). The van der Waals surface area contributed by atoms with Crippen molar-refractivity contribution in [3.63, 3.8) is 0 Å². The van der Waals surface area contributed by atoms with Crippen molar-refractivity contribution in [1.82, 2.24) is 0 Å². The van der Waals surface area contributed by atoms with Crippen LogP contribution in [0, 0.1) is 11.8 Å². The quantitative estimate of drug-likeness (QED) is 0.284. The summed E-state index contributed by atoms with van der Waals surface area (Å²) < 4.78 is 28.5. The number of allylic oxidation sites excluding steroid dienone is 3. The van der Waals surface area contributed by atoms with Crippen LogP contribution in [0.5, 0.6) is 0 Å². The highest BCUT2D eigenvalue weighted by molar-refractivity contribution is 9.10. The van der Waals surface area contributed by atoms with E-state index in [0.717, 1.165) is 0 Å². The Morgan fingerprint density at radius 2 is 1.93 bits per heavy atom. The molecule has 0 fully saturated rings. The molecule has 0 aromatic heterocycles. The Morgan fingerprint density at radius 1 is 1.21 bits per heavy atom. The Morgan fingerprint density at radius 3 is 2.59 bits per heavy atom. The summed E-state index contributed by atoms with van der Waals surface area (Å²) in [6, 6.07) is 13.1. The molecule has 0 atom stereocenters. The molecule has 0 heterocycles. The average molecular weight is 473 g/mol. The number of sulfonamides is 1. The van der Waals surface area contributed by atoms with Gasteiger partial charge in [-0.15, -0.1) is 0 Å². The molecule has 0 saturated carbocycles. The van der Waals surface area contributed by atoms with Crippen LogP contribution in [-0.2, 0) is 14.8 Å². The highest BCUT2D eigenvalue weighted by Gasteiger charge is 2.15. The zero-order valence-corrected chi connectivity index (χ0v) is 17.8. The highest BCUT2D eigenvalue weighted by atomic mass is 79.9. The molecule has 0 bridgehead atoms. The fourth-order valence-corrected chi connectivity index (χ4v) is 3.80. The lowest BCUT2D eigenvalue weighted by atomic mass is 10.1. The molecule has 2 aromatic carbocycles. The zero-order chi connectivity index (χ0) is 21.4. The Bertz CT molecular complexity index is 1170. The van der Waals surface area contributed by atoms with Crippen LogP contribution in [0.4, 0.5) is 5.69 Å². The van der Waals surface area contributed by atoms with E-state index in [1.54, 1.807) is 43.3 Å². The van der Waals surface area contributed by atoms with Gasteiger partial charge in [0, 0.05) is 10.0 Å². The summed E-state index contributed by atoms with van der Waals surface area (Å²) in [6.07, 6.45) is 2.79. The van der Waals surface area contributed by atoms with Crippen molar-refractivity contribution in [3.05, 3.63) is 82.0 Å². The number of nitrogens with zero attached hydrogens (tertiary/aromatic N) is 1. The number of hydrogen-bond acceptors (Lipinski definition) is 4. The molecule has 148 valence electrons. The third kappa shape index (κ3) is 6.45. The fraction of sp³-hybridized carbons (Fsp3) is 0.0476. The van der Waals surface area contributed by atoms with Crippen molar-refractivity contribution in [1.29, 1.82) is 0 Å². The van der Waals surface area contributed by atoms with Gasteiger partial charge in [0.1, 0.15) is 5.70 Å². The summed E-state index contributed by atoms with van der Waals surface area (Å²) in [5.41, 5.74) is 1.18. The molecule has 0 aliphatic heterocycles. The van der Waals surface area contributed by atoms with Gasteiger partial charge in [-0.25, -0.2) is 13.2 Å². The Balaban J connectivity index is 2.32. The molecule has 2 N–H and O–H groups in total. The highest BCUT2D eigenvalue weighted by Crippen LogP contribution is 2.21. The summed E-state index contributed by atoms with van der Waals surface area (Å²) in [6.45, 7) is 4.89. The lowest BCUT2D eigenvalue weighted by Gasteiger charge is -2.10. The van der Waals surface area contributed by atoms with E-state index in [-0.39, 0.29) is 10.6 Å². The van der Waals surface area contributed by atoms with Gasteiger partial charge in [0.25, 0.3) is 10.0 Å². The Kier molecular flexibility index (Phi) is 7.53. The molecule has 2 aromatic rings. The van der Waals surface area contributed by atoms with Gasteiger partial charge in [0.2, 0.25) is 0 Å². The van der Waals surface area contributed by atoms with Crippen LogP contribution < -0.4 is 4.72 Å². The maximum atomic E-state index is 12.6. The molecule has 0 amide bonds. The topological polar surface area (TPSA) is 95.8 Å². The first-order chi connectivity index (χ1) is 13.7. The van der Waals surface area contributed by atoms with Crippen molar-refractivity contribution in [3.8, 4) is 11.8 Å². The van der Waals surface area contributed by atoms with Gasteiger partial charge in [-0.3, -0.25) is 9.71 Å². The molecule has 0 aliphatic carbocycles. The average Bonchev–Trinajstić information content (AvgIpc) is 2.67. The van der Waals surface area contributed by atoms with Crippen LogP contribution in [0.3, 0.4) is 0 Å². The van der Waals surface area contributed by atoms with E-state index in [1.165, 1.54) is 24.3 Å². The van der Waals surface area contributed by atoms with E-state index in [4.69, 9.17) is 5.11 Å². The van der Waals surface area contributed by atoms with E-state index >= 15 is 0 Å². The number of carbonyl (C=O) groups is 1. The molecule has 0 spiro atoms. The minimum absolute atomic E-state index is 0.119. The molecule has 0 radical (unpaired) electrons. The van der Waals surface area contributed by atoms with Crippen LogP contribution in [0.25, 0.3) is 0 Å². The number of aliphatic imine (C=N–C) groups is 1. The van der Waals surface area contributed by atoms with Gasteiger partial charge >= 0.3 is 5.97 Å². The fourth-order valence-electron chi connectivity index (χ4n) is 2.12. The normalized spacial score (nSPS) is 11.9. The smallest absolute Gasteiger partial charge is 0.354 e. The number of carboxylic acids is 1. The molecule has 0 saturated heterocycles. The van der Waals surface area contributed by atoms with E-state index in [2.05, 4.69) is 44.2 Å². The van der Waals surface area contributed by atoms with Crippen molar-refractivity contribution in [2.24, 2.45) is 4.99 Å². The Labute approximate surface area is 177 Å². The van der Waals surface area contributed by atoms with Crippen LogP contribution in [-0.4, -0.2) is 26.2 Å². The van der Waals surface area contributed by atoms with Gasteiger partial charge in [0.05, 0.1) is 10.6 Å². The largest absolute Gasteiger partial charge is 0.477 e. The lowest BCUT2D eigenvalue weighted by molar-refractivity contribution is -0.132. The second kappa shape index (κ2) is 9.87. The number of benzene rings is 2. The summed E-state index contributed by atoms with van der Waals surface area (Å²) in [4.78, 5) is 14.4. The number of carboxylic acid groups (broad SMARTS) is 1. The zero-order valence-electron chi connectivity index (χ0n) is 15.4. The number of rotatable bonds is 6. The van der Waals surface area contributed by atoms with E-state index in [0.29, 0.717) is 21.3 Å². The lowest BCUT2D eigenvalue weighted by Crippen LogP contribution is -2.13. The number of aliphatic carboxylic acids is 1. The third-order valence-corrected chi connectivity index (χ3v) is 5.41. The summed E-state index contributed by atoms with van der Waals surface area (Å²) >= 11 is 3.26. The van der Waals surface area contributed by atoms with Crippen molar-refractivity contribution in [2.75, 3.05) is 4.72 Å². The van der Waals surface area contributed by atoms with Gasteiger partial charge in [-0.1, -0.05) is 46.0 Å². The minimum Gasteiger partial charge on any atom is -0.477 e. The third-order valence-electron chi connectivity index (χ3n) is 3.55. The summed E-state index contributed by atoms with van der Waals surface area (Å²) in [7, 11) is -3.79. The number of hydrogen-bond donors (Lipinski definition) is 2. The van der Waals surface area contributed by atoms with Crippen LogP contribution in [0.1, 0.15) is 12.5 Å². The van der Waals surface area contributed by atoms with E-state index < -0.39 is 16.0 Å². The van der Waals surface area contributed by atoms with Crippen molar-refractivity contribution in [2.45, 2.75) is 11.8 Å². The molecule has 6 nitrogen and oxygen atoms in total. The first kappa shape index (κ1) is 22.1. The minimum atomic E-state index is -3.79. The summed E-state index contributed by atoms with van der Waals surface area (Å²) in [5.74, 6) is 4.56. The maximum Gasteiger partial charge on any atom is 0.354 e. The van der Waals surface area contributed by atoms with E-state index in [9.17, 15) is 13.2 Å². The van der Waals surface area contributed by atoms with Crippen LogP contribution >= 0.6 is 15.9 Å². The number of nitrogens with one attached hydrogen (secondary N) is 1. The van der Waals surface area contributed by atoms with Gasteiger partial charge in [0.15, 0.2) is 0 Å². The monoisotopic (exact) mass is 472 g/mol. The van der Waals surface area contributed by atoms with Crippen LogP contribution in [0.15, 0.2) is 86.3 Å². The first-order valence-corrected chi connectivity index (χ1v) is 10.5. The predicted octanol–water partition coefficient (Wildman–Crippen LogP) is 4.22. The number of anilines is 1. The van der Waals surface area contributed by atoms with Crippen LogP contribution in [0.2, 0.25) is 0 Å². The molecule has 0 aliphatic rings. The second-order valence-corrected chi connectivity index (χ2v) is 8.32. The maximum absolute atomic E-state index is 12.6. The summed E-state index contributed by atoms with van der Waals surface area (Å²) in [5, 5.41) is 8.91. The molecule has 8 heteroatoms. The molecule has 0 unspecified atom stereocenters. The van der Waals surface area contributed by atoms with Gasteiger partial charge < -0.3 is 5.11 Å². The van der Waals surface area contributed by atoms with Gasteiger partial charge in [-0.2, -0.15) is 0 Å². The first-order valence-electron chi connectivity index (χ1n) is 8.21. The Hall–Kier alpha value is -3.15. The number of para-hydroxylation sites is 1. The predicted molar refractivity (Wildman–Crippen MR) is 117 cm³/mol. The molecular formula is C21H17BrN2O4S. The standard InChI is InChI=1S/C21H17BrN2O4S/c1-15(11-13-20(23-2)21(25)26)10-12-16-6-3-4-9-19(16)24-29(27,28)18-8-5-7-17(22)14-18/h3-9,11,13-14,24H,2H2,1H3,(H,25,26)/b15-11+,20-13-. The van der Waals surface area contributed by atoms with Gasteiger partial charge in [-0.05, 0) is 61.7 Å². The van der Waals surface area contributed by atoms with Crippen molar-refractivity contribution < 1.29 is 18.3 Å². The molecule has 29 heavy (non-hydrogen) atoms. The van der Waals surface area contributed by atoms with Crippen molar-refractivity contribution >= 4 is 44.3 Å².